The molecule has 1 aromatic heterocycles. The molecular formula is C16H25IN2O2. The highest BCUT2D eigenvalue weighted by Gasteiger charge is 2.37. The molecule has 2 rings (SSSR count). The molecule has 0 spiro atoms. The molecule has 4 nitrogen and oxygen atoms in total. The number of H-pyrrole nitrogens is 1. The Kier molecular flexibility index (Phi) is 5.13. The van der Waals surface area contributed by atoms with Crippen LogP contribution in [-0.4, -0.2) is 17.1 Å². The summed E-state index contributed by atoms with van der Waals surface area (Å²) in [6, 6.07) is 0. The maximum atomic E-state index is 12.3. The molecule has 0 amide bonds. The lowest BCUT2D eigenvalue weighted by Gasteiger charge is -2.31. The van der Waals surface area contributed by atoms with Gasteiger partial charge in [-0.15, -0.1) is 0 Å². The number of nitrogens with zero attached hydrogens (tertiary/aromatic N) is 1. The van der Waals surface area contributed by atoms with Crippen LogP contribution in [0.5, 0.6) is 0 Å². The first kappa shape index (κ1) is 16.9. The maximum Gasteiger partial charge on any atom is 0.264 e. The Bertz CT molecular complexity index is 552. The van der Waals surface area contributed by atoms with Gasteiger partial charge in [-0.2, -0.15) is 0 Å². The van der Waals surface area contributed by atoms with E-state index in [1.165, 1.54) is 12.8 Å². The molecular weight excluding hydrogens is 379 g/mol. The summed E-state index contributed by atoms with van der Waals surface area (Å²) in [6.07, 6.45) is 6.55. The van der Waals surface area contributed by atoms with Gasteiger partial charge in [0.15, 0.2) is 0 Å². The van der Waals surface area contributed by atoms with Crippen LogP contribution < -0.4 is 5.56 Å². The Morgan fingerprint density at radius 2 is 1.76 bits per heavy atom. The van der Waals surface area contributed by atoms with E-state index >= 15 is 0 Å². The van der Waals surface area contributed by atoms with Crippen LogP contribution in [0.4, 0.5) is 0 Å². The van der Waals surface area contributed by atoms with Crippen molar-refractivity contribution >= 4 is 22.6 Å². The van der Waals surface area contributed by atoms with Crippen LogP contribution >= 0.6 is 22.6 Å². The topological polar surface area (TPSA) is 55.0 Å². The molecule has 5 heteroatoms. The highest BCUT2D eigenvalue weighted by atomic mass is 127. The van der Waals surface area contributed by atoms with Gasteiger partial charge in [0.1, 0.15) is 15.0 Å². The van der Waals surface area contributed by atoms with E-state index in [2.05, 4.69) is 48.3 Å². The Balaban J connectivity index is 2.57. The molecule has 21 heavy (non-hydrogen) atoms. The third-order valence-corrected chi connectivity index (χ3v) is 5.31. The van der Waals surface area contributed by atoms with Crippen molar-refractivity contribution in [3.05, 3.63) is 25.4 Å². The second-order valence-corrected chi connectivity index (χ2v) is 8.02. The molecule has 118 valence electrons. The summed E-state index contributed by atoms with van der Waals surface area (Å²) in [7, 11) is 1.74. The Labute approximate surface area is 140 Å². The number of hydrogen-bond donors (Lipinski definition) is 1. The Morgan fingerprint density at radius 3 is 2.24 bits per heavy atom. The summed E-state index contributed by atoms with van der Waals surface area (Å²) in [5.41, 5.74) is 0.229. The molecule has 0 radical (unpaired) electrons. The third kappa shape index (κ3) is 3.50. The van der Waals surface area contributed by atoms with Crippen LogP contribution in [0, 0.1) is 3.57 Å². The lowest BCUT2D eigenvalue weighted by Crippen LogP contribution is -2.35. The second kappa shape index (κ2) is 6.36. The smallest absolute Gasteiger partial charge is 0.264 e. The molecule has 0 unspecified atom stereocenters. The average Bonchev–Trinajstić information content (AvgIpc) is 2.66. The van der Waals surface area contributed by atoms with Crippen LogP contribution in [0.3, 0.4) is 0 Å². The van der Waals surface area contributed by atoms with Crippen molar-refractivity contribution in [2.45, 2.75) is 70.3 Å². The fourth-order valence-corrected chi connectivity index (χ4v) is 4.07. The van der Waals surface area contributed by atoms with Gasteiger partial charge in [-0.3, -0.25) is 4.79 Å². The van der Waals surface area contributed by atoms with Gasteiger partial charge < -0.3 is 9.72 Å². The largest absolute Gasteiger partial charge is 0.370 e. The molecule has 1 N–H and O–H groups in total. The lowest BCUT2D eigenvalue weighted by molar-refractivity contribution is -0.0356. The minimum Gasteiger partial charge on any atom is -0.370 e. The van der Waals surface area contributed by atoms with Crippen LogP contribution in [0.2, 0.25) is 0 Å². The molecule has 0 saturated heterocycles. The summed E-state index contributed by atoms with van der Waals surface area (Å²) in [6.45, 7) is 6.27. The van der Waals surface area contributed by atoms with E-state index in [1.807, 2.05) is 0 Å². The maximum absolute atomic E-state index is 12.3. The first-order valence-electron chi connectivity index (χ1n) is 7.66. The van der Waals surface area contributed by atoms with E-state index in [0.717, 1.165) is 31.4 Å². The van der Waals surface area contributed by atoms with Gasteiger partial charge in [-0.25, -0.2) is 4.98 Å². The molecule has 0 bridgehead atoms. The summed E-state index contributed by atoms with van der Waals surface area (Å²) >= 11 is 2.10. The van der Waals surface area contributed by atoms with Gasteiger partial charge >= 0.3 is 0 Å². The van der Waals surface area contributed by atoms with Crippen molar-refractivity contribution in [3.8, 4) is 0 Å². The predicted molar refractivity (Wildman–Crippen MR) is 92.7 cm³/mol. The van der Waals surface area contributed by atoms with E-state index in [1.54, 1.807) is 7.11 Å². The molecule has 0 atom stereocenters. The van der Waals surface area contributed by atoms with E-state index < -0.39 is 5.60 Å². The van der Waals surface area contributed by atoms with Crippen molar-refractivity contribution in [1.82, 2.24) is 9.97 Å². The summed E-state index contributed by atoms with van der Waals surface area (Å²) in [5.74, 6) is 0.710. The summed E-state index contributed by atoms with van der Waals surface area (Å²) in [5, 5.41) is 0. The SMILES string of the molecule is COC1(c2nc(C(C)(C)C)c(I)c(=O)[nH]2)CCCCCC1. The first-order valence-corrected chi connectivity index (χ1v) is 8.74. The highest BCUT2D eigenvalue weighted by molar-refractivity contribution is 14.1. The average molecular weight is 404 g/mol. The molecule has 1 fully saturated rings. The van der Waals surface area contributed by atoms with Crippen LogP contribution in [-0.2, 0) is 15.8 Å². The van der Waals surface area contributed by atoms with Crippen LogP contribution in [0.1, 0.15) is 70.8 Å². The lowest BCUT2D eigenvalue weighted by atomic mass is 9.90. The van der Waals surface area contributed by atoms with Crippen LogP contribution in [0.25, 0.3) is 0 Å². The van der Waals surface area contributed by atoms with Gasteiger partial charge in [0.25, 0.3) is 5.56 Å². The third-order valence-electron chi connectivity index (χ3n) is 4.31. The number of aromatic amines is 1. The second-order valence-electron chi connectivity index (χ2n) is 6.94. The normalized spacial score (nSPS) is 19.3. The standard InChI is InChI=1S/C16H25IN2O2/c1-15(2,3)12-11(17)13(20)19-14(18-12)16(21-4)9-7-5-6-8-10-16/h5-10H2,1-4H3,(H,18,19,20). The Morgan fingerprint density at radius 1 is 1.19 bits per heavy atom. The Hall–Kier alpha value is -0.430. The number of methoxy groups -OCH3 is 1. The van der Waals surface area contributed by atoms with Gasteiger partial charge in [0, 0.05) is 12.5 Å². The molecule has 1 saturated carbocycles. The minimum atomic E-state index is -0.431. The fourth-order valence-electron chi connectivity index (χ4n) is 3.01. The van der Waals surface area contributed by atoms with Crippen molar-refractivity contribution in [1.29, 1.82) is 0 Å². The van der Waals surface area contributed by atoms with E-state index in [0.29, 0.717) is 9.39 Å². The zero-order valence-corrected chi connectivity index (χ0v) is 15.5. The monoisotopic (exact) mass is 404 g/mol. The number of aromatic nitrogens is 2. The van der Waals surface area contributed by atoms with Gasteiger partial charge in [0.2, 0.25) is 0 Å². The number of nitrogens with one attached hydrogen (secondary N) is 1. The van der Waals surface area contributed by atoms with Crippen molar-refractivity contribution in [3.63, 3.8) is 0 Å². The summed E-state index contributed by atoms with van der Waals surface area (Å²) < 4.78 is 6.56. The fraction of sp³-hybridized carbons (Fsp3) is 0.750. The van der Waals surface area contributed by atoms with Gasteiger partial charge in [-0.05, 0) is 35.4 Å². The van der Waals surface area contributed by atoms with Gasteiger partial charge in [0.05, 0.1) is 5.69 Å². The number of halogens is 1. The number of hydrogen-bond acceptors (Lipinski definition) is 3. The summed E-state index contributed by atoms with van der Waals surface area (Å²) in [4.78, 5) is 20.1. The number of ether oxygens (including phenoxy) is 1. The molecule has 1 aliphatic carbocycles. The quantitative estimate of drug-likeness (QED) is 0.602. The van der Waals surface area contributed by atoms with E-state index in [-0.39, 0.29) is 11.0 Å². The van der Waals surface area contributed by atoms with Crippen LogP contribution in [0.15, 0.2) is 4.79 Å². The molecule has 1 aliphatic rings. The van der Waals surface area contributed by atoms with Gasteiger partial charge in [-0.1, -0.05) is 46.5 Å². The predicted octanol–water partition coefficient (Wildman–Crippen LogP) is 3.87. The molecule has 0 aromatic carbocycles. The van der Waals surface area contributed by atoms with E-state index in [4.69, 9.17) is 9.72 Å². The molecule has 1 aromatic rings. The molecule has 0 aliphatic heterocycles. The highest BCUT2D eigenvalue weighted by Crippen LogP contribution is 2.37. The zero-order chi connectivity index (χ0) is 15.7. The van der Waals surface area contributed by atoms with Crippen molar-refractivity contribution in [2.75, 3.05) is 7.11 Å². The zero-order valence-electron chi connectivity index (χ0n) is 13.4. The first-order chi connectivity index (χ1) is 9.80. The van der Waals surface area contributed by atoms with E-state index in [9.17, 15) is 4.79 Å². The van der Waals surface area contributed by atoms with Crippen molar-refractivity contribution in [2.24, 2.45) is 0 Å². The molecule has 1 heterocycles. The minimum absolute atomic E-state index is 0.0498. The van der Waals surface area contributed by atoms with Crippen molar-refractivity contribution < 1.29 is 4.74 Å². The number of rotatable bonds is 2.